The molecule has 0 spiro atoms. The normalized spacial score (nSPS) is 13.9. The molecule has 2 N–H and O–H groups in total. The van der Waals surface area contributed by atoms with Crippen LogP contribution in [0.2, 0.25) is 0 Å². The van der Waals surface area contributed by atoms with Gasteiger partial charge in [0.05, 0.1) is 16.9 Å². The first-order valence-electron chi connectivity index (χ1n) is 9.41. The maximum absolute atomic E-state index is 13.3. The lowest BCUT2D eigenvalue weighted by atomic mass is 10.1. The number of para-hydroxylation sites is 2. The summed E-state index contributed by atoms with van der Waals surface area (Å²) in [5.41, 5.74) is 2.02. The van der Waals surface area contributed by atoms with Crippen molar-refractivity contribution in [3.05, 3.63) is 58.3 Å². The van der Waals surface area contributed by atoms with E-state index in [2.05, 4.69) is 31.5 Å². The Kier molecular flexibility index (Phi) is 7.03. The first-order valence-corrected chi connectivity index (χ1v) is 10.2. The highest BCUT2D eigenvalue weighted by atomic mass is 79.9. The molecule has 2 amide bonds. The molecule has 0 aromatic heterocycles. The fourth-order valence-electron chi connectivity index (χ4n) is 3.26. The minimum absolute atomic E-state index is 0.132. The van der Waals surface area contributed by atoms with E-state index in [9.17, 15) is 14.0 Å². The van der Waals surface area contributed by atoms with Crippen LogP contribution in [-0.2, 0) is 4.79 Å². The van der Waals surface area contributed by atoms with Crippen molar-refractivity contribution in [2.24, 2.45) is 0 Å². The van der Waals surface area contributed by atoms with Crippen molar-refractivity contribution in [2.45, 2.75) is 25.7 Å². The molecule has 1 heterocycles. The second kappa shape index (κ2) is 9.68. The van der Waals surface area contributed by atoms with Gasteiger partial charge in [0.15, 0.2) is 0 Å². The monoisotopic (exact) mass is 447 g/mol. The Balaban J connectivity index is 1.54. The molecule has 3 rings (SSSR count). The summed E-state index contributed by atoms with van der Waals surface area (Å²) in [5, 5.41) is 5.60. The van der Waals surface area contributed by atoms with E-state index in [4.69, 9.17) is 0 Å². The highest BCUT2D eigenvalue weighted by Crippen LogP contribution is 2.28. The summed E-state index contributed by atoms with van der Waals surface area (Å²) in [6.07, 6.45) is 3.69. The average Bonchev–Trinajstić information content (AvgIpc) is 2.71. The summed E-state index contributed by atoms with van der Waals surface area (Å²) in [7, 11) is 0. The van der Waals surface area contributed by atoms with Gasteiger partial charge in [-0.25, -0.2) is 4.39 Å². The van der Waals surface area contributed by atoms with Crippen LogP contribution < -0.4 is 15.5 Å². The molecule has 0 unspecified atom stereocenters. The molecule has 0 atom stereocenters. The third-order valence-corrected chi connectivity index (χ3v) is 5.38. The van der Waals surface area contributed by atoms with Crippen molar-refractivity contribution in [3.8, 4) is 0 Å². The average molecular weight is 448 g/mol. The zero-order valence-corrected chi connectivity index (χ0v) is 17.1. The van der Waals surface area contributed by atoms with Crippen LogP contribution in [0, 0.1) is 5.82 Å². The Bertz CT molecular complexity index is 853. The van der Waals surface area contributed by atoms with E-state index < -0.39 is 11.7 Å². The molecule has 5 nitrogen and oxygen atoms in total. The zero-order chi connectivity index (χ0) is 19.9. The minimum atomic E-state index is -0.486. The number of carbonyl (C=O) groups is 2. The molecule has 1 saturated heterocycles. The Labute approximate surface area is 172 Å². The van der Waals surface area contributed by atoms with Gasteiger partial charge in [-0.1, -0.05) is 12.1 Å². The van der Waals surface area contributed by atoms with Crippen LogP contribution >= 0.6 is 15.9 Å². The van der Waals surface area contributed by atoms with E-state index in [1.165, 1.54) is 18.6 Å². The van der Waals surface area contributed by atoms with Gasteiger partial charge in [0, 0.05) is 30.5 Å². The molecule has 28 heavy (non-hydrogen) atoms. The van der Waals surface area contributed by atoms with Crippen LogP contribution in [0.4, 0.5) is 15.8 Å². The second-order valence-corrected chi connectivity index (χ2v) is 7.60. The third-order valence-electron chi connectivity index (χ3n) is 4.69. The van der Waals surface area contributed by atoms with E-state index in [1.54, 1.807) is 0 Å². The SMILES string of the molecule is O=C(CCNC(=O)c1cc(F)ccc1Br)Nc1ccccc1N1CCCCC1. The Hall–Kier alpha value is -2.41. The van der Waals surface area contributed by atoms with Crippen molar-refractivity contribution in [1.82, 2.24) is 5.32 Å². The van der Waals surface area contributed by atoms with Gasteiger partial charge in [0.1, 0.15) is 5.82 Å². The van der Waals surface area contributed by atoms with Gasteiger partial charge in [0.25, 0.3) is 5.91 Å². The smallest absolute Gasteiger partial charge is 0.252 e. The van der Waals surface area contributed by atoms with E-state index >= 15 is 0 Å². The number of rotatable bonds is 6. The molecule has 2 aromatic carbocycles. The number of amides is 2. The summed E-state index contributed by atoms with van der Waals surface area (Å²) >= 11 is 3.23. The molecule has 1 aliphatic heterocycles. The third kappa shape index (κ3) is 5.32. The lowest BCUT2D eigenvalue weighted by Crippen LogP contribution is -2.31. The van der Waals surface area contributed by atoms with Crippen LogP contribution in [0.3, 0.4) is 0 Å². The Morgan fingerprint density at radius 1 is 1.07 bits per heavy atom. The van der Waals surface area contributed by atoms with Gasteiger partial charge in [-0.15, -0.1) is 0 Å². The number of halogens is 2. The van der Waals surface area contributed by atoms with Crippen molar-refractivity contribution < 1.29 is 14.0 Å². The van der Waals surface area contributed by atoms with Crippen LogP contribution in [0.5, 0.6) is 0 Å². The van der Waals surface area contributed by atoms with E-state index in [0.29, 0.717) is 4.47 Å². The number of carbonyl (C=O) groups excluding carboxylic acids is 2. The van der Waals surface area contributed by atoms with Gasteiger partial charge in [-0.2, -0.15) is 0 Å². The molecule has 2 aromatic rings. The number of nitrogens with zero attached hydrogens (tertiary/aromatic N) is 1. The number of hydrogen-bond donors (Lipinski definition) is 2. The van der Waals surface area contributed by atoms with Crippen LogP contribution in [-0.4, -0.2) is 31.4 Å². The van der Waals surface area contributed by atoms with Crippen molar-refractivity contribution in [2.75, 3.05) is 29.9 Å². The number of anilines is 2. The van der Waals surface area contributed by atoms with Crippen LogP contribution in [0.15, 0.2) is 46.9 Å². The van der Waals surface area contributed by atoms with E-state index in [1.807, 2.05) is 24.3 Å². The summed E-state index contributed by atoms with van der Waals surface area (Å²) in [6.45, 7) is 2.15. The summed E-state index contributed by atoms with van der Waals surface area (Å²) in [5.74, 6) is -1.09. The van der Waals surface area contributed by atoms with Gasteiger partial charge < -0.3 is 15.5 Å². The minimum Gasteiger partial charge on any atom is -0.370 e. The first kappa shape index (κ1) is 20.3. The molecular formula is C21H23BrFN3O2. The number of benzene rings is 2. The summed E-state index contributed by atoms with van der Waals surface area (Å²) in [4.78, 5) is 26.8. The maximum Gasteiger partial charge on any atom is 0.252 e. The van der Waals surface area contributed by atoms with Crippen LogP contribution in [0.1, 0.15) is 36.0 Å². The molecular weight excluding hydrogens is 425 g/mol. The van der Waals surface area contributed by atoms with Gasteiger partial charge in [-0.3, -0.25) is 9.59 Å². The number of nitrogens with one attached hydrogen (secondary N) is 2. The highest BCUT2D eigenvalue weighted by molar-refractivity contribution is 9.10. The van der Waals surface area contributed by atoms with Gasteiger partial charge in [0.2, 0.25) is 5.91 Å². The molecule has 0 bridgehead atoms. The Morgan fingerprint density at radius 3 is 2.61 bits per heavy atom. The molecule has 7 heteroatoms. The molecule has 0 saturated carbocycles. The number of hydrogen-bond acceptors (Lipinski definition) is 3. The fraction of sp³-hybridized carbons (Fsp3) is 0.333. The van der Waals surface area contributed by atoms with Crippen molar-refractivity contribution >= 4 is 39.1 Å². The van der Waals surface area contributed by atoms with Gasteiger partial charge >= 0.3 is 0 Å². The number of piperidine rings is 1. The van der Waals surface area contributed by atoms with E-state index in [-0.39, 0.29) is 24.4 Å². The van der Waals surface area contributed by atoms with Gasteiger partial charge in [-0.05, 0) is 65.5 Å². The first-order chi connectivity index (χ1) is 13.5. The molecule has 0 aliphatic carbocycles. The summed E-state index contributed by atoms with van der Waals surface area (Å²) in [6, 6.07) is 11.7. The molecule has 1 aliphatic rings. The quantitative estimate of drug-likeness (QED) is 0.692. The lowest BCUT2D eigenvalue weighted by molar-refractivity contribution is -0.116. The second-order valence-electron chi connectivity index (χ2n) is 6.74. The zero-order valence-electron chi connectivity index (χ0n) is 15.5. The topological polar surface area (TPSA) is 61.4 Å². The predicted octanol–water partition coefficient (Wildman–Crippen LogP) is 4.34. The predicted molar refractivity (Wildman–Crippen MR) is 112 cm³/mol. The summed E-state index contributed by atoms with van der Waals surface area (Å²) < 4.78 is 13.8. The highest BCUT2D eigenvalue weighted by Gasteiger charge is 2.16. The van der Waals surface area contributed by atoms with E-state index in [0.717, 1.165) is 43.4 Å². The lowest BCUT2D eigenvalue weighted by Gasteiger charge is -2.30. The standard InChI is InChI=1S/C21H23BrFN3O2/c22-17-9-8-15(23)14-16(17)21(28)24-11-10-20(27)25-18-6-2-3-7-19(18)26-12-4-1-5-13-26/h2-3,6-9,14H,1,4-5,10-13H2,(H,24,28)(H,25,27). The van der Waals surface area contributed by atoms with Crippen LogP contribution in [0.25, 0.3) is 0 Å². The molecule has 148 valence electrons. The largest absolute Gasteiger partial charge is 0.370 e. The maximum atomic E-state index is 13.3. The van der Waals surface area contributed by atoms with Crippen molar-refractivity contribution in [1.29, 1.82) is 0 Å². The Morgan fingerprint density at radius 2 is 1.82 bits per heavy atom. The fourth-order valence-corrected chi connectivity index (χ4v) is 3.69. The molecule has 1 fully saturated rings. The van der Waals surface area contributed by atoms with Crippen molar-refractivity contribution in [3.63, 3.8) is 0 Å². The molecule has 0 radical (unpaired) electrons.